The fraction of sp³-hybridized carbons (Fsp3) is 0.417. The molecule has 0 aliphatic carbocycles. The molecule has 1 saturated heterocycles. The van der Waals surface area contributed by atoms with Crippen LogP contribution in [0.2, 0.25) is 0 Å². The van der Waals surface area contributed by atoms with Crippen molar-refractivity contribution in [3.05, 3.63) is 48.0 Å². The Morgan fingerprint density at radius 2 is 1.71 bits per heavy atom. The first kappa shape index (κ1) is 22.5. The van der Waals surface area contributed by atoms with Crippen LogP contribution in [0.1, 0.15) is 24.8 Å². The molecule has 7 nitrogen and oxygen atoms in total. The summed E-state index contributed by atoms with van der Waals surface area (Å²) < 4.78 is 16.1. The van der Waals surface area contributed by atoms with Gasteiger partial charge in [0.1, 0.15) is 0 Å². The molecule has 166 valence electrons. The van der Waals surface area contributed by atoms with Crippen LogP contribution in [-0.2, 0) is 16.0 Å². The smallest absolute Gasteiger partial charge is 0.229 e. The van der Waals surface area contributed by atoms with E-state index in [1.807, 2.05) is 42.5 Å². The van der Waals surface area contributed by atoms with Crippen LogP contribution in [0, 0.1) is 5.92 Å². The quantitative estimate of drug-likeness (QED) is 0.699. The molecule has 1 aliphatic heterocycles. The molecule has 1 N–H and O–H groups in total. The van der Waals surface area contributed by atoms with Gasteiger partial charge in [-0.1, -0.05) is 18.2 Å². The predicted octanol–water partition coefficient (Wildman–Crippen LogP) is 3.52. The average molecular weight is 427 g/mol. The van der Waals surface area contributed by atoms with Crippen molar-refractivity contribution in [2.24, 2.45) is 5.92 Å². The van der Waals surface area contributed by atoms with Crippen LogP contribution in [0.15, 0.2) is 42.5 Å². The molecule has 2 aromatic rings. The van der Waals surface area contributed by atoms with Crippen LogP contribution in [-0.4, -0.2) is 51.1 Å². The van der Waals surface area contributed by atoms with E-state index in [0.29, 0.717) is 43.2 Å². The van der Waals surface area contributed by atoms with Crippen LogP contribution in [0.25, 0.3) is 0 Å². The Hall–Kier alpha value is -3.22. The average Bonchev–Trinajstić information content (AvgIpc) is 2.82. The number of nitrogens with one attached hydrogen (secondary N) is 1. The van der Waals surface area contributed by atoms with Crippen molar-refractivity contribution in [2.75, 3.05) is 39.7 Å². The normalized spacial score (nSPS) is 15.8. The van der Waals surface area contributed by atoms with E-state index < -0.39 is 0 Å². The van der Waals surface area contributed by atoms with Crippen molar-refractivity contribution in [2.45, 2.75) is 25.7 Å². The summed E-state index contributed by atoms with van der Waals surface area (Å²) >= 11 is 0. The van der Waals surface area contributed by atoms with Gasteiger partial charge in [-0.2, -0.15) is 0 Å². The van der Waals surface area contributed by atoms with Gasteiger partial charge < -0.3 is 24.4 Å². The third kappa shape index (κ3) is 5.69. The number of carbonyl (C=O) groups excluding carboxylic acids is 2. The van der Waals surface area contributed by atoms with Gasteiger partial charge >= 0.3 is 0 Å². The number of aryl methyl sites for hydroxylation is 1. The summed E-state index contributed by atoms with van der Waals surface area (Å²) in [5.74, 6) is 1.49. The van der Waals surface area contributed by atoms with Crippen LogP contribution in [0.5, 0.6) is 17.2 Å². The monoisotopic (exact) mass is 426 g/mol. The van der Waals surface area contributed by atoms with Crippen LogP contribution in [0.4, 0.5) is 5.69 Å². The van der Waals surface area contributed by atoms with Crippen molar-refractivity contribution < 1.29 is 23.8 Å². The Morgan fingerprint density at radius 1 is 1.03 bits per heavy atom. The molecule has 0 saturated carbocycles. The molecule has 1 heterocycles. The zero-order chi connectivity index (χ0) is 22.2. The van der Waals surface area contributed by atoms with E-state index >= 15 is 0 Å². The Labute approximate surface area is 183 Å². The minimum absolute atomic E-state index is 0.0340. The van der Waals surface area contributed by atoms with Gasteiger partial charge in [0, 0.05) is 25.2 Å². The maximum absolute atomic E-state index is 12.8. The van der Waals surface area contributed by atoms with Gasteiger partial charge in [-0.05, 0) is 49.1 Å². The van der Waals surface area contributed by atoms with Crippen molar-refractivity contribution in [3.8, 4) is 17.2 Å². The van der Waals surface area contributed by atoms with E-state index in [0.717, 1.165) is 24.1 Å². The number of hydrogen-bond donors (Lipinski definition) is 1. The van der Waals surface area contributed by atoms with E-state index in [2.05, 4.69) is 5.32 Å². The fourth-order valence-corrected chi connectivity index (χ4v) is 3.87. The number of anilines is 1. The molecule has 0 aromatic heterocycles. The molecule has 2 amide bonds. The Balaban J connectivity index is 1.58. The zero-order valence-electron chi connectivity index (χ0n) is 18.3. The Bertz CT molecular complexity index is 875. The molecule has 1 aliphatic rings. The lowest BCUT2D eigenvalue weighted by molar-refractivity contribution is -0.134. The summed E-state index contributed by atoms with van der Waals surface area (Å²) in [7, 11) is 4.70. The van der Waals surface area contributed by atoms with E-state index in [-0.39, 0.29) is 17.7 Å². The standard InChI is InChI=1S/C24H30N2O5/c1-29-20-14-17(15-21(30-2)23(20)31-3)11-12-22(27)26-13-7-8-18(16-26)24(28)25-19-9-5-4-6-10-19/h4-6,9-10,14-15,18H,7-8,11-13,16H2,1-3H3,(H,25,28). The molecule has 0 spiro atoms. The van der Waals surface area contributed by atoms with Crippen LogP contribution < -0.4 is 19.5 Å². The van der Waals surface area contributed by atoms with Gasteiger partial charge in [-0.15, -0.1) is 0 Å². The predicted molar refractivity (Wildman–Crippen MR) is 119 cm³/mol. The zero-order valence-corrected chi connectivity index (χ0v) is 18.3. The highest BCUT2D eigenvalue weighted by Crippen LogP contribution is 2.38. The second-order valence-electron chi connectivity index (χ2n) is 7.57. The molecule has 0 radical (unpaired) electrons. The number of para-hydroxylation sites is 1. The highest BCUT2D eigenvalue weighted by molar-refractivity contribution is 5.93. The van der Waals surface area contributed by atoms with Gasteiger partial charge in [0.25, 0.3) is 0 Å². The van der Waals surface area contributed by atoms with Crippen LogP contribution >= 0.6 is 0 Å². The lowest BCUT2D eigenvalue weighted by atomic mass is 9.96. The summed E-state index contributed by atoms with van der Waals surface area (Å²) in [5, 5.41) is 2.95. The first-order chi connectivity index (χ1) is 15.0. The largest absolute Gasteiger partial charge is 0.493 e. The number of piperidine rings is 1. The third-order valence-corrected chi connectivity index (χ3v) is 5.54. The second kappa shape index (κ2) is 10.7. The number of ether oxygens (including phenoxy) is 3. The number of amides is 2. The molecule has 2 aromatic carbocycles. The molecular formula is C24H30N2O5. The van der Waals surface area contributed by atoms with E-state index in [9.17, 15) is 9.59 Å². The third-order valence-electron chi connectivity index (χ3n) is 5.54. The maximum Gasteiger partial charge on any atom is 0.229 e. The molecule has 1 atom stereocenters. The Kier molecular flexibility index (Phi) is 7.76. The summed E-state index contributed by atoms with van der Waals surface area (Å²) in [6, 6.07) is 13.1. The highest BCUT2D eigenvalue weighted by Gasteiger charge is 2.28. The number of benzene rings is 2. The van der Waals surface area contributed by atoms with Crippen molar-refractivity contribution in [1.29, 1.82) is 0 Å². The summed E-state index contributed by atoms with van der Waals surface area (Å²) in [4.78, 5) is 27.3. The number of carbonyl (C=O) groups is 2. The number of nitrogens with zero attached hydrogens (tertiary/aromatic N) is 1. The van der Waals surface area contributed by atoms with E-state index in [1.165, 1.54) is 0 Å². The van der Waals surface area contributed by atoms with Gasteiger partial charge in [0.2, 0.25) is 17.6 Å². The fourth-order valence-electron chi connectivity index (χ4n) is 3.87. The lowest BCUT2D eigenvalue weighted by Gasteiger charge is -2.32. The number of likely N-dealkylation sites (tertiary alicyclic amines) is 1. The molecule has 1 unspecified atom stereocenters. The number of methoxy groups -OCH3 is 3. The highest BCUT2D eigenvalue weighted by atomic mass is 16.5. The van der Waals surface area contributed by atoms with E-state index in [1.54, 1.807) is 26.2 Å². The maximum atomic E-state index is 12.8. The molecule has 3 rings (SSSR count). The minimum Gasteiger partial charge on any atom is -0.493 e. The SMILES string of the molecule is COc1cc(CCC(=O)N2CCCC(C(=O)Nc3ccccc3)C2)cc(OC)c1OC. The van der Waals surface area contributed by atoms with Gasteiger partial charge in [-0.25, -0.2) is 0 Å². The molecule has 0 bridgehead atoms. The van der Waals surface area contributed by atoms with Gasteiger partial charge in [0.05, 0.1) is 27.2 Å². The number of rotatable bonds is 8. The topological polar surface area (TPSA) is 77.1 Å². The first-order valence-corrected chi connectivity index (χ1v) is 10.5. The van der Waals surface area contributed by atoms with Gasteiger partial charge in [0.15, 0.2) is 11.5 Å². The first-order valence-electron chi connectivity index (χ1n) is 10.5. The number of hydrogen-bond acceptors (Lipinski definition) is 5. The minimum atomic E-state index is -0.195. The summed E-state index contributed by atoms with van der Waals surface area (Å²) in [6.07, 6.45) is 2.51. The summed E-state index contributed by atoms with van der Waals surface area (Å²) in [6.45, 7) is 1.13. The van der Waals surface area contributed by atoms with Crippen LogP contribution in [0.3, 0.4) is 0 Å². The van der Waals surface area contributed by atoms with Crippen molar-refractivity contribution in [3.63, 3.8) is 0 Å². The van der Waals surface area contributed by atoms with Gasteiger partial charge in [-0.3, -0.25) is 9.59 Å². The molecule has 1 fully saturated rings. The molecule has 31 heavy (non-hydrogen) atoms. The van der Waals surface area contributed by atoms with Crippen molar-refractivity contribution >= 4 is 17.5 Å². The summed E-state index contributed by atoms with van der Waals surface area (Å²) in [5.41, 5.74) is 1.71. The molecular weight excluding hydrogens is 396 g/mol. The molecule has 7 heteroatoms. The lowest BCUT2D eigenvalue weighted by Crippen LogP contribution is -2.43. The Morgan fingerprint density at radius 3 is 2.32 bits per heavy atom. The van der Waals surface area contributed by atoms with E-state index in [4.69, 9.17) is 14.2 Å². The second-order valence-corrected chi connectivity index (χ2v) is 7.57. The van der Waals surface area contributed by atoms with Crippen molar-refractivity contribution in [1.82, 2.24) is 4.90 Å².